The maximum absolute atomic E-state index is 2.74. The Morgan fingerprint density at radius 2 is 0.645 bits per heavy atom. The molecule has 3 rings (SSSR count). The fourth-order valence-corrected chi connectivity index (χ4v) is 90.3. The molecule has 31 heavy (non-hydrogen) atoms. The zero-order valence-electron chi connectivity index (χ0n) is 20.3. The Kier molecular flexibility index (Phi) is 7.79. The third kappa shape index (κ3) is 6.51. The highest BCUT2D eigenvalue weighted by Gasteiger charge is 2.52. The van der Waals surface area contributed by atoms with Gasteiger partial charge in [0.05, 0.1) is 0 Å². The van der Waals surface area contributed by atoms with Crippen LogP contribution in [0.25, 0.3) is 0 Å². The average molecular weight is 476 g/mol. The van der Waals surface area contributed by atoms with Gasteiger partial charge in [-0.3, -0.25) is 0 Å². The van der Waals surface area contributed by atoms with E-state index in [4.69, 9.17) is 0 Å². The van der Waals surface area contributed by atoms with Crippen LogP contribution < -0.4 is 0 Å². The maximum atomic E-state index is 2.74. The van der Waals surface area contributed by atoms with Gasteiger partial charge in [0.2, 0.25) is 0 Å². The summed E-state index contributed by atoms with van der Waals surface area (Å²) in [7, 11) is -4.73. The Morgan fingerprint density at radius 3 is 0.871 bits per heavy atom. The SMILES string of the molecule is C[Si](C)(Cc1ccccc1)[Si]([Si](C)(C)Cc1ccccc1)[Si](C)(C)Cc1ccccc1. The summed E-state index contributed by atoms with van der Waals surface area (Å²) in [5.74, 6) is 0. The van der Waals surface area contributed by atoms with Crippen molar-refractivity contribution in [3.8, 4) is 0 Å². The van der Waals surface area contributed by atoms with Gasteiger partial charge in [0.15, 0.2) is 0 Å². The number of hydrogen-bond acceptors (Lipinski definition) is 0. The minimum atomic E-state index is -1.43. The van der Waals surface area contributed by atoms with Gasteiger partial charge in [-0.2, -0.15) is 0 Å². The summed E-state index contributed by atoms with van der Waals surface area (Å²) in [6, 6.07) is 38.1. The second-order valence-electron chi connectivity index (χ2n) is 11.0. The lowest BCUT2D eigenvalue weighted by atomic mass is 10.2. The third-order valence-corrected chi connectivity index (χ3v) is 64.8. The second kappa shape index (κ2) is 9.99. The van der Waals surface area contributed by atoms with Gasteiger partial charge >= 0.3 is 0 Å². The lowest BCUT2D eigenvalue weighted by molar-refractivity contribution is 1.31. The first-order valence-corrected chi connectivity index (χ1v) is 25.7. The van der Waals surface area contributed by atoms with E-state index in [9.17, 15) is 0 Å². The quantitative estimate of drug-likeness (QED) is 0.287. The lowest BCUT2D eigenvalue weighted by Crippen LogP contribution is -2.75. The van der Waals surface area contributed by atoms with E-state index >= 15 is 0 Å². The molecule has 0 aliphatic carbocycles. The van der Waals surface area contributed by atoms with Crippen molar-refractivity contribution in [3.05, 3.63) is 108 Å². The average Bonchev–Trinajstić information content (AvgIpc) is 2.68. The van der Waals surface area contributed by atoms with E-state index in [0.717, 1.165) is 0 Å². The summed E-state index contributed by atoms with van der Waals surface area (Å²) in [5, 5.41) is 0. The van der Waals surface area contributed by atoms with Crippen molar-refractivity contribution < 1.29 is 0 Å². The van der Waals surface area contributed by atoms with Gasteiger partial charge in [-0.05, 0) is 18.1 Å². The molecule has 0 heterocycles. The monoisotopic (exact) mass is 475 g/mol. The van der Waals surface area contributed by atoms with Crippen LogP contribution in [0.5, 0.6) is 0 Å². The molecule has 1 radical (unpaired) electrons. The smallest absolute Gasteiger partial charge is 0.0383 e. The number of hydrogen-bond donors (Lipinski definition) is 0. The Balaban J connectivity index is 1.99. The fraction of sp³-hybridized carbons (Fsp3) is 0.333. The standard InChI is InChI=1S/C27H39Si4/c1-29(2,22-25-16-10-7-11-17-25)28(30(3,4)23-26-18-12-8-13-19-26)31(5,6)24-27-20-14-9-15-21-27/h7-21H,22-24H2,1-6H3. The van der Waals surface area contributed by atoms with Gasteiger partial charge < -0.3 is 0 Å². The fourth-order valence-electron chi connectivity index (χ4n) is 6.33. The second-order valence-corrected chi connectivity index (χ2v) is 45.3. The first kappa shape index (κ1) is 24.2. The molecule has 3 aromatic rings. The van der Waals surface area contributed by atoms with Gasteiger partial charge in [0, 0.05) is 30.1 Å². The summed E-state index contributed by atoms with van der Waals surface area (Å²) in [6.07, 6.45) is 0. The van der Waals surface area contributed by atoms with Gasteiger partial charge in [0.25, 0.3) is 0 Å². The van der Waals surface area contributed by atoms with Crippen molar-refractivity contribution in [2.75, 3.05) is 0 Å². The lowest BCUT2D eigenvalue weighted by Gasteiger charge is -2.50. The van der Waals surface area contributed by atoms with E-state index in [2.05, 4.69) is 130 Å². The molecule has 0 bridgehead atoms. The molecule has 0 saturated heterocycles. The topological polar surface area (TPSA) is 0 Å². The molecule has 0 aliphatic heterocycles. The largest absolute Gasteiger partial charge is 0.0716 e. The van der Waals surface area contributed by atoms with E-state index in [0.29, 0.717) is 0 Å². The molecule has 163 valence electrons. The molecule has 0 amide bonds. The van der Waals surface area contributed by atoms with Crippen molar-refractivity contribution >= 4 is 30.1 Å². The van der Waals surface area contributed by atoms with E-state index in [1.807, 2.05) is 0 Å². The summed E-state index contributed by atoms with van der Waals surface area (Å²) >= 11 is 0. The predicted octanol–water partition coefficient (Wildman–Crippen LogP) is 7.19. The van der Waals surface area contributed by atoms with Gasteiger partial charge in [0.1, 0.15) is 0 Å². The highest BCUT2D eigenvalue weighted by Crippen LogP contribution is 2.32. The predicted molar refractivity (Wildman–Crippen MR) is 149 cm³/mol. The van der Waals surface area contributed by atoms with Crippen LogP contribution in [-0.4, -0.2) is 30.1 Å². The molecule has 4 heteroatoms. The van der Waals surface area contributed by atoms with Crippen LogP contribution in [0.2, 0.25) is 39.3 Å². The van der Waals surface area contributed by atoms with E-state index in [1.165, 1.54) is 18.1 Å². The molecular formula is C27H39Si4. The molecule has 0 nitrogen and oxygen atoms in total. The molecule has 0 fully saturated rings. The molecule has 0 saturated carbocycles. The van der Waals surface area contributed by atoms with Crippen molar-refractivity contribution in [3.63, 3.8) is 0 Å². The van der Waals surface area contributed by atoms with Crippen molar-refractivity contribution in [2.24, 2.45) is 0 Å². The van der Waals surface area contributed by atoms with Crippen LogP contribution in [0.1, 0.15) is 16.7 Å². The van der Waals surface area contributed by atoms with Gasteiger partial charge in [-0.25, -0.2) is 0 Å². The summed E-state index contributed by atoms with van der Waals surface area (Å²) in [5.41, 5.74) is 4.70. The van der Waals surface area contributed by atoms with E-state index in [-0.39, 0.29) is 0 Å². The third-order valence-electron chi connectivity index (χ3n) is 6.50. The van der Waals surface area contributed by atoms with Crippen molar-refractivity contribution in [1.82, 2.24) is 0 Å². The summed E-state index contributed by atoms with van der Waals surface area (Å²) in [6.45, 7) is 16.5. The van der Waals surface area contributed by atoms with Gasteiger partial charge in [-0.15, -0.1) is 0 Å². The van der Waals surface area contributed by atoms with Crippen LogP contribution in [0, 0.1) is 0 Å². The first-order chi connectivity index (χ1) is 14.6. The molecule has 3 aromatic carbocycles. The van der Waals surface area contributed by atoms with E-state index in [1.54, 1.807) is 16.7 Å². The molecular weight excluding hydrogens is 437 g/mol. The van der Waals surface area contributed by atoms with Crippen LogP contribution in [0.3, 0.4) is 0 Å². The van der Waals surface area contributed by atoms with Crippen LogP contribution >= 0.6 is 0 Å². The Hall–Kier alpha value is -1.47. The molecule has 0 atom stereocenters. The van der Waals surface area contributed by atoms with Crippen molar-refractivity contribution in [2.45, 2.75) is 57.4 Å². The zero-order valence-corrected chi connectivity index (χ0v) is 24.3. The molecule has 0 N–H and O–H groups in total. The number of benzene rings is 3. The molecule has 0 spiro atoms. The summed E-state index contributed by atoms with van der Waals surface area (Å²) in [4.78, 5) is 0. The zero-order chi connectivity index (χ0) is 22.5. The Bertz CT molecular complexity index is 808. The highest BCUT2D eigenvalue weighted by atomic mass is 29.9. The summed E-state index contributed by atoms with van der Waals surface area (Å²) < 4.78 is 0. The van der Waals surface area contributed by atoms with Gasteiger partial charge in [-0.1, -0.05) is 147 Å². The van der Waals surface area contributed by atoms with Crippen LogP contribution in [0.15, 0.2) is 91.0 Å². The number of rotatable bonds is 9. The Morgan fingerprint density at radius 1 is 0.419 bits per heavy atom. The highest BCUT2D eigenvalue weighted by molar-refractivity contribution is 7.81. The molecule has 0 aliphatic rings. The van der Waals surface area contributed by atoms with Crippen molar-refractivity contribution in [1.29, 1.82) is 0 Å². The molecule has 0 aromatic heterocycles. The van der Waals surface area contributed by atoms with Crippen LogP contribution in [0.4, 0.5) is 0 Å². The molecule has 0 unspecified atom stereocenters. The minimum Gasteiger partial charge on any atom is -0.0716 e. The van der Waals surface area contributed by atoms with Crippen LogP contribution in [-0.2, 0) is 18.1 Å². The minimum absolute atomic E-state index is 0.449. The maximum Gasteiger partial charge on any atom is 0.0383 e. The van der Waals surface area contributed by atoms with E-state index < -0.39 is 30.1 Å². The Labute approximate surface area is 194 Å². The normalized spacial score (nSPS) is 12.9. The first-order valence-electron chi connectivity index (χ1n) is 11.6.